The number of aromatic nitrogens is 1. The fraction of sp³-hybridized carbons (Fsp3) is 0.0435. The third kappa shape index (κ3) is 3.43. The van der Waals surface area contributed by atoms with Crippen LogP contribution in [0.5, 0.6) is 11.5 Å². The van der Waals surface area contributed by atoms with Crippen LogP contribution in [0.2, 0.25) is 10.0 Å². The van der Waals surface area contributed by atoms with E-state index in [9.17, 15) is 4.79 Å². The van der Waals surface area contributed by atoms with Gasteiger partial charge in [0.05, 0.1) is 26.8 Å². The van der Waals surface area contributed by atoms with Gasteiger partial charge in [-0.05, 0) is 48.5 Å². The molecule has 7 heteroatoms. The molecule has 0 radical (unpaired) electrons. The highest BCUT2D eigenvalue weighted by Crippen LogP contribution is 2.36. The number of pyridine rings is 1. The van der Waals surface area contributed by atoms with Crippen molar-refractivity contribution in [3.63, 3.8) is 0 Å². The number of halogens is 2. The quantitative estimate of drug-likeness (QED) is 0.415. The largest absolute Gasteiger partial charge is 0.454 e. The zero-order chi connectivity index (χ0) is 20.7. The second kappa shape index (κ2) is 7.52. The van der Waals surface area contributed by atoms with Crippen LogP contribution in [0.4, 0.5) is 5.69 Å². The van der Waals surface area contributed by atoms with Gasteiger partial charge in [-0.3, -0.25) is 4.79 Å². The Morgan fingerprint density at radius 1 is 0.900 bits per heavy atom. The SMILES string of the molecule is O=C(Nc1ccc(Cl)c(Cl)c1)c1cc(-c2ccc3c(c2)OCO3)nc2ccccc12. The molecule has 148 valence electrons. The van der Waals surface area contributed by atoms with Crippen LogP contribution in [-0.2, 0) is 0 Å². The number of benzene rings is 3. The van der Waals surface area contributed by atoms with Gasteiger partial charge in [0.2, 0.25) is 6.79 Å². The number of nitrogens with zero attached hydrogens (tertiary/aromatic N) is 1. The summed E-state index contributed by atoms with van der Waals surface area (Å²) in [5.74, 6) is 1.08. The van der Waals surface area contributed by atoms with E-state index in [1.54, 1.807) is 24.3 Å². The Morgan fingerprint density at radius 2 is 1.73 bits per heavy atom. The fourth-order valence-electron chi connectivity index (χ4n) is 3.34. The maximum absolute atomic E-state index is 13.1. The summed E-state index contributed by atoms with van der Waals surface area (Å²) in [6.45, 7) is 0.196. The predicted molar refractivity (Wildman–Crippen MR) is 118 cm³/mol. The summed E-state index contributed by atoms with van der Waals surface area (Å²) >= 11 is 12.0. The van der Waals surface area contributed by atoms with Crippen molar-refractivity contribution in [2.45, 2.75) is 0 Å². The highest BCUT2D eigenvalue weighted by molar-refractivity contribution is 6.42. The van der Waals surface area contributed by atoms with Gasteiger partial charge in [0.25, 0.3) is 5.91 Å². The minimum Gasteiger partial charge on any atom is -0.454 e. The van der Waals surface area contributed by atoms with Gasteiger partial charge in [0.15, 0.2) is 11.5 Å². The number of nitrogens with one attached hydrogen (secondary N) is 1. The number of anilines is 1. The van der Waals surface area contributed by atoms with Gasteiger partial charge in [0, 0.05) is 16.6 Å². The van der Waals surface area contributed by atoms with E-state index in [0.29, 0.717) is 44.0 Å². The molecule has 0 aliphatic carbocycles. The molecule has 0 unspecified atom stereocenters. The van der Waals surface area contributed by atoms with E-state index >= 15 is 0 Å². The number of carbonyl (C=O) groups is 1. The zero-order valence-electron chi connectivity index (χ0n) is 15.5. The van der Waals surface area contributed by atoms with Crippen molar-refractivity contribution in [2.75, 3.05) is 12.1 Å². The number of hydrogen-bond acceptors (Lipinski definition) is 4. The lowest BCUT2D eigenvalue weighted by molar-refractivity contribution is 0.102. The van der Waals surface area contributed by atoms with Gasteiger partial charge >= 0.3 is 0 Å². The Hall–Kier alpha value is -3.28. The van der Waals surface area contributed by atoms with E-state index in [-0.39, 0.29) is 12.7 Å². The molecule has 3 aromatic carbocycles. The van der Waals surface area contributed by atoms with Crippen molar-refractivity contribution in [3.8, 4) is 22.8 Å². The Balaban J connectivity index is 1.58. The highest BCUT2D eigenvalue weighted by atomic mass is 35.5. The third-order valence-electron chi connectivity index (χ3n) is 4.81. The lowest BCUT2D eigenvalue weighted by Gasteiger charge is -2.11. The molecule has 5 rings (SSSR count). The summed E-state index contributed by atoms with van der Waals surface area (Å²) in [6.07, 6.45) is 0. The van der Waals surface area contributed by atoms with Crippen LogP contribution in [0.25, 0.3) is 22.2 Å². The molecular formula is C23H14Cl2N2O3. The van der Waals surface area contributed by atoms with Gasteiger partial charge in [-0.2, -0.15) is 0 Å². The molecule has 1 amide bonds. The number of carbonyl (C=O) groups excluding carboxylic acids is 1. The van der Waals surface area contributed by atoms with Crippen LogP contribution in [-0.4, -0.2) is 17.7 Å². The zero-order valence-corrected chi connectivity index (χ0v) is 17.0. The van der Waals surface area contributed by atoms with E-state index in [1.165, 1.54) is 0 Å². The topological polar surface area (TPSA) is 60.5 Å². The molecule has 1 aromatic heterocycles. The molecule has 0 saturated heterocycles. The van der Waals surface area contributed by atoms with Crippen molar-refractivity contribution in [1.82, 2.24) is 4.98 Å². The summed E-state index contributed by atoms with van der Waals surface area (Å²) in [7, 11) is 0. The van der Waals surface area contributed by atoms with Crippen LogP contribution in [0.15, 0.2) is 66.7 Å². The molecule has 1 N–H and O–H groups in total. The molecule has 4 aromatic rings. The second-order valence-corrected chi connectivity index (χ2v) is 7.54. The van der Waals surface area contributed by atoms with Crippen molar-refractivity contribution in [2.24, 2.45) is 0 Å². The maximum atomic E-state index is 13.1. The number of hydrogen-bond donors (Lipinski definition) is 1. The minimum atomic E-state index is -0.269. The first kappa shape index (κ1) is 18.7. The molecule has 0 bridgehead atoms. The molecule has 5 nitrogen and oxygen atoms in total. The Bertz CT molecular complexity index is 1310. The van der Waals surface area contributed by atoms with E-state index < -0.39 is 0 Å². The summed E-state index contributed by atoms with van der Waals surface area (Å²) in [5, 5.41) is 4.43. The first-order valence-corrected chi connectivity index (χ1v) is 9.90. The molecule has 30 heavy (non-hydrogen) atoms. The molecule has 0 saturated carbocycles. The standard InChI is InChI=1S/C23H14Cl2N2O3/c24-17-7-6-14(10-18(17)25)26-23(28)16-11-20(27-19-4-2-1-3-15(16)19)13-5-8-21-22(9-13)30-12-29-21/h1-11H,12H2,(H,26,28). The van der Waals surface area contributed by atoms with Crippen LogP contribution in [0.1, 0.15) is 10.4 Å². The third-order valence-corrected chi connectivity index (χ3v) is 5.55. The molecule has 0 spiro atoms. The monoisotopic (exact) mass is 436 g/mol. The lowest BCUT2D eigenvalue weighted by Crippen LogP contribution is -2.13. The van der Waals surface area contributed by atoms with Crippen molar-refractivity contribution in [1.29, 1.82) is 0 Å². The minimum absolute atomic E-state index is 0.196. The van der Waals surface area contributed by atoms with Crippen LogP contribution in [0, 0.1) is 0 Å². The second-order valence-electron chi connectivity index (χ2n) is 6.72. The first-order valence-electron chi connectivity index (χ1n) is 9.15. The summed E-state index contributed by atoms with van der Waals surface area (Å²) < 4.78 is 10.9. The molecule has 2 heterocycles. The summed E-state index contributed by atoms with van der Waals surface area (Å²) in [6, 6.07) is 19.8. The Kier molecular flexibility index (Phi) is 4.69. The number of ether oxygens (including phenoxy) is 2. The van der Waals surface area contributed by atoms with Crippen LogP contribution < -0.4 is 14.8 Å². The Labute approximate surface area is 182 Å². The van der Waals surface area contributed by atoms with Gasteiger partial charge in [-0.15, -0.1) is 0 Å². The molecular weight excluding hydrogens is 423 g/mol. The van der Waals surface area contributed by atoms with Crippen LogP contribution >= 0.6 is 23.2 Å². The highest BCUT2D eigenvalue weighted by Gasteiger charge is 2.18. The van der Waals surface area contributed by atoms with E-state index in [4.69, 9.17) is 37.7 Å². The summed E-state index contributed by atoms with van der Waals surface area (Å²) in [5.41, 5.74) is 3.26. The van der Waals surface area contributed by atoms with Crippen molar-refractivity contribution >= 4 is 45.7 Å². The summed E-state index contributed by atoms with van der Waals surface area (Å²) in [4.78, 5) is 17.9. The average Bonchev–Trinajstić information content (AvgIpc) is 3.23. The van der Waals surface area contributed by atoms with E-state index in [1.807, 2.05) is 42.5 Å². The van der Waals surface area contributed by atoms with Crippen LogP contribution in [0.3, 0.4) is 0 Å². The number of amides is 1. The van der Waals surface area contributed by atoms with E-state index in [2.05, 4.69) is 5.32 Å². The van der Waals surface area contributed by atoms with Gasteiger partial charge in [-0.25, -0.2) is 4.98 Å². The number of para-hydroxylation sites is 1. The predicted octanol–water partition coefficient (Wildman–Crippen LogP) is 6.19. The normalized spacial score (nSPS) is 12.2. The molecule has 0 atom stereocenters. The fourth-order valence-corrected chi connectivity index (χ4v) is 3.64. The number of rotatable bonds is 3. The number of fused-ring (bicyclic) bond motifs is 2. The van der Waals surface area contributed by atoms with Gasteiger partial charge < -0.3 is 14.8 Å². The van der Waals surface area contributed by atoms with Crippen molar-refractivity contribution < 1.29 is 14.3 Å². The Morgan fingerprint density at radius 3 is 2.60 bits per heavy atom. The lowest BCUT2D eigenvalue weighted by atomic mass is 10.0. The smallest absolute Gasteiger partial charge is 0.256 e. The maximum Gasteiger partial charge on any atom is 0.256 e. The average molecular weight is 437 g/mol. The molecule has 0 fully saturated rings. The molecule has 1 aliphatic rings. The molecule has 1 aliphatic heterocycles. The first-order chi connectivity index (χ1) is 14.6. The van der Waals surface area contributed by atoms with Gasteiger partial charge in [0.1, 0.15) is 0 Å². The van der Waals surface area contributed by atoms with Crippen molar-refractivity contribution in [3.05, 3.63) is 82.3 Å². The van der Waals surface area contributed by atoms with E-state index in [0.717, 1.165) is 10.9 Å². The van der Waals surface area contributed by atoms with Gasteiger partial charge in [-0.1, -0.05) is 41.4 Å².